The maximum absolute atomic E-state index is 12.0. The molecule has 5 heteroatoms. The third-order valence-corrected chi connectivity index (χ3v) is 4.07. The Morgan fingerprint density at radius 2 is 2.00 bits per heavy atom. The first kappa shape index (κ1) is 11.9. The summed E-state index contributed by atoms with van der Waals surface area (Å²) in [5, 5.41) is 0.551. The molecule has 0 bridgehead atoms. The Morgan fingerprint density at radius 3 is 2.56 bits per heavy atom. The van der Waals surface area contributed by atoms with Gasteiger partial charge in [-0.15, -0.1) is 0 Å². The van der Waals surface area contributed by atoms with E-state index in [1.54, 1.807) is 30.3 Å². The van der Waals surface area contributed by atoms with E-state index in [1.165, 1.54) is 0 Å². The van der Waals surface area contributed by atoms with Crippen LogP contribution in [0.3, 0.4) is 0 Å². The van der Waals surface area contributed by atoms with Crippen LogP contribution in [0.5, 0.6) is 0 Å². The molecule has 0 atom stereocenters. The van der Waals surface area contributed by atoms with E-state index in [4.69, 9.17) is 11.6 Å². The fourth-order valence-electron chi connectivity index (χ4n) is 1.31. The highest BCUT2D eigenvalue weighted by molar-refractivity contribution is 9.13. The van der Waals surface area contributed by atoms with Crippen LogP contribution in [-0.4, -0.2) is 10.8 Å². The van der Waals surface area contributed by atoms with Gasteiger partial charge < -0.3 is 4.98 Å². The van der Waals surface area contributed by atoms with Crippen LogP contribution in [0.25, 0.3) is 0 Å². The van der Waals surface area contributed by atoms with E-state index in [9.17, 15) is 4.79 Å². The average Bonchev–Trinajstić information content (AvgIpc) is 2.58. The fourth-order valence-corrected chi connectivity index (χ4v) is 2.16. The lowest BCUT2D eigenvalue weighted by atomic mass is 10.1. The Bertz CT molecular complexity index is 531. The summed E-state index contributed by atoms with van der Waals surface area (Å²) in [6.07, 6.45) is 0. The standard InChI is InChI=1S/C11H6Br2ClNO/c12-8-5-9(15-11(8)13)10(16)6-2-1-3-7(14)4-6/h1-5,15H. The number of ketones is 1. The number of hydrogen-bond acceptors (Lipinski definition) is 1. The predicted molar refractivity (Wildman–Crippen MR) is 71.1 cm³/mol. The molecule has 0 amide bonds. The Morgan fingerprint density at radius 1 is 1.25 bits per heavy atom. The average molecular weight is 363 g/mol. The summed E-state index contributed by atoms with van der Waals surface area (Å²) in [5.74, 6) is -0.0890. The summed E-state index contributed by atoms with van der Waals surface area (Å²) < 4.78 is 1.57. The number of H-pyrrole nitrogens is 1. The van der Waals surface area contributed by atoms with E-state index in [1.807, 2.05) is 0 Å². The van der Waals surface area contributed by atoms with Gasteiger partial charge in [-0.1, -0.05) is 23.7 Å². The van der Waals surface area contributed by atoms with Gasteiger partial charge in [0, 0.05) is 10.6 Å². The van der Waals surface area contributed by atoms with Gasteiger partial charge in [0.25, 0.3) is 0 Å². The molecule has 0 saturated carbocycles. The van der Waals surface area contributed by atoms with E-state index >= 15 is 0 Å². The Kier molecular flexibility index (Phi) is 3.52. The Hall–Kier alpha value is -0.580. The van der Waals surface area contributed by atoms with Gasteiger partial charge in [-0.3, -0.25) is 4.79 Å². The van der Waals surface area contributed by atoms with Crippen molar-refractivity contribution in [2.45, 2.75) is 0 Å². The fraction of sp³-hybridized carbons (Fsp3) is 0. The molecular weight excluding hydrogens is 357 g/mol. The monoisotopic (exact) mass is 361 g/mol. The van der Waals surface area contributed by atoms with Gasteiger partial charge in [-0.05, 0) is 50.1 Å². The summed E-state index contributed by atoms with van der Waals surface area (Å²) in [6, 6.07) is 8.60. The normalized spacial score (nSPS) is 10.4. The SMILES string of the molecule is O=C(c1cccc(Cl)c1)c1cc(Br)c(Br)[nH]1. The summed E-state index contributed by atoms with van der Waals surface area (Å²) in [5.41, 5.74) is 1.08. The predicted octanol–water partition coefficient (Wildman–Crippen LogP) is 4.42. The lowest BCUT2D eigenvalue weighted by Gasteiger charge is -1.98. The highest BCUT2D eigenvalue weighted by Gasteiger charge is 2.13. The van der Waals surface area contributed by atoms with Gasteiger partial charge in [0.15, 0.2) is 0 Å². The van der Waals surface area contributed by atoms with E-state index in [-0.39, 0.29) is 5.78 Å². The van der Waals surface area contributed by atoms with E-state index in [2.05, 4.69) is 36.8 Å². The lowest BCUT2D eigenvalue weighted by Crippen LogP contribution is -2.01. The molecular formula is C11H6Br2ClNO. The molecule has 1 heterocycles. The van der Waals surface area contributed by atoms with Crippen molar-refractivity contribution in [1.29, 1.82) is 0 Å². The summed E-state index contributed by atoms with van der Waals surface area (Å²) in [6.45, 7) is 0. The molecule has 0 unspecified atom stereocenters. The largest absolute Gasteiger partial charge is 0.346 e. The first-order chi connectivity index (χ1) is 7.58. The molecule has 1 aromatic carbocycles. The van der Waals surface area contributed by atoms with Crippen molar-refractivity contribution in [1.82, 2.24) is 4.98 Å². The van der Waals surface area contributed by atoms with E-state index in [0.717, 1.165) is 9.08 Å². The second-order valence-corrected chi connectivity index (χ2v) is 5.27. The van der Waals surface area contributed by atoms with Gasteiger partial charge in [0.1, 0.15) is 0 Å². The molecule has 2 rings (SSSR count). The maximum atomic E-state index is 12.0. The Labute approximate surface area is 114 Å². The third-order valence-electron chi connectivity index (χ3n) is 2.06. The molecule has 0 aliphatic carbocycles. The molecule has 0 spiro atoms. The van der Waals surface area contributed by atoms with Crippen molar-refractivity contribution >= 4 is 49.2 Å². The number of halogens is 3. The van der Waals surface area contributed by atoms with E-state index < -0.39 is 0 Å². The molecule has 82 valence electrons. The molecule has 0 saturated heterocycles. The van der Waals surface area contributed by atoms with Crippen LogP contribution in [0.1, 0.15) is 16.1 Å². The minimum atomic E-state index is -0.0890. The zero-order valence-electron chi connectivity index (χ0n) is 7.93. The van der Waals surface area contributed by atoms with Crippen LogP contribution < -0.4 is 0 Å². The topological polar surface area (TPSA) is 32.9 Å². The van der Waals surface area contributed by atoms with Crippen molar-refractivity contribution in [3.8, 4) is 0 Å². The number of carbonyl (C=O) groups excluding carboxylic acids is 1. The Balaban J connectivity index is 2.39. The van der Waals surface area contributed by atoms with Crippen LogP contribution in [0.15, 0.2) is 39.4 Å². The van der Waals surface area contributed by atoms with Crippen LogP contribution in [0.2, 0.25) is 5.02 Å². The van der Waals surface area contributed by atoms with Crippen molar-refractivity contribution in [2.24, 2.45) is 0 Å². The van der Waals surface area contributed by atoms with Crippen molar-refractivity contribution in [3.63, 3.8) is 0 Å². The molecule has 1 aromatic heterocycles. The molecule has 1 N–H and O–H groups in total. The van der Waals surface area contributed by atoms with Crippen LogP contribution in [0.4, 0.5) is 0 Å². The molecule has 0 aliphatic rings. The molecule has 16 heavy (non-hydrogen) atoms. The second-order valence-electron chi connectivity index (χ2n) is 3.18. The minimum Gasteiger partial charge on any atom is -0.346 e. The molecule has 2 nitrogen and oxygen atoms in total. The van der Waals surface area contributed by atoms with Crippen molar-refractivity contribution < 1.29 is 4.79 Å². The number of benzene rings is 1. The second kappa shape index (κ2) is 4.73. The highest BCUT2D eigenvalue weighted by atomic mass is 79.9. The van der Waals surface area contributed by atoms with Gasteiger partial charge in [0.05, 0.1) is 14.8 Å². The number of rotatable bonds is 2. The third kappa shape index (κ3) is 2.39. The molecule has 2 aromatic rings. The van der Waals surface area contributed by atoms with Gasteiger partial charge in [-0.2, -0.15) is 0 Å². The first-order valence-corrected chi connectivity index (χ1v) is 6.38. The lowest BCUT2D eigenvalue weighted by molar-refractivity contribution is 0.103. The van der Waals surface area contributed by atoms with Gasteiger partial charge in [0.2, 0.25) is 5.78 Å². The summed E-state index contributed by atoms with van der Waals surface area (Å²) in [4.78, 5) is 15.0. The molecule has 0 aliphatic heterocycles. The minimum absolute atomic E-state index is 0.0890. The summed E-state index contributed by atoms with van der Waals surface area (Å²) in [7, 11) is 0. The molecule has 0 radical (unpaired) electrons. The quantitative estimate of drug-likeness (QED) is 0.787. The van der Waals surface area contributed by atoms with Crippen molar-refractivity contribution in [2.75, 3.05) is 0 Å². The zero-order valence-corrected chi connectivity index (χ0v) is 11.9. The van der Waals surface area contributed by atoms with Crippen molar-refractivity contribution in [3.05, 3.63) is 55.7 Å². The smallest absolute Gasteiger partial charge is 0.209 e. The number of aromatic amines is 1. The number of carbonyl (C=O) groups is 1. The zero-order chi connectivity index (χ0) is 11.7. The highest BCUT2D eigenvalue weighted by Crippen LogP contribution is 2.24. The number of hydrogen-bond donors (Lipinski definition) is 1. The van der Waals surface area contributed by atoms with Gasteiger partial charge >= 0.3 is 0 Å². The number of aromatic nitrogens is 1. The first-order valence-electron chi connectivity index (χ1n) is 4.42. The van der Waals surface area contributed by atoms with Crippen LogP contribution in [-0.2, 0) is 0 Å². The van der Waals surface area contributed by atoms with Crippen LogP contribution >= 0.6 is 43.5 Å². The van der Waals surface area contributed by atoms with Gasteiger partial charge in [-0.25, -0.2) is 0 Å². The molecule has 0 fully saturated rings. The van der Waals surface area contributed by atoms with Crippen LogP contribution in [0, 0.1) is 0 Å². The summed E-state index contributed by atoms with van der Waals surface area (Å²) >= 11 is 12.4. The number of nitrogens with one attached hydrogen (secondary N) is 1. The van der Waals surface area contributed by atoms with E-state index in [0.29, 0.717) is 16.3 Å². The maximum Gasteiger partial charge on any atom is 0.209 e.